The minimum absolute atomic E-state index is 0.115. The van der Waals surface area contributed by atoms with Crippen LogP contribution in [0.2, 0.25) is 0 Å². The molecule has 1 aliphatic heterocycles. The third kappa shape index (κ3) is 2.29. The molecule has 0 spiro atoms. The first-order valence-electron chi connectivity index (χ1n) is 6.83. The summed E-state index contributed by atoms with van der Waals surface area (Å²) in [6, 6.07) is 5.90. The molecule has 0 saturated carbocycles. The Morgan fingerprint density at radius 2 is 2.32 bits per heavy atom. The lowest BCUT2D eigenvalue weighted by atomic mass is 10.1. The number of hydrogen-bond donors (Lipinski definition) is 1. The normalized spacial score (nSPS) is 20.5. The van der Waals surface area contributed by atoms with Crippen LogP contribution in [0.25, 0.3) is 10.1 Å². The molecule has 102 valence electrons. The number of nitrogens with two attached hydrogens (primary N) is 1. The molecule has 1 saturated heterocycles. The molecule has 2 nitrogen and oxygen atoms in total. The van der Waals surface area contributed by atoms with Gasteiger partial charge in [0.15, 0.2) is 0 Å². The van der Waals surface area contributed by atoms with Crippen molar-refractivity contribution in [3.05, 3.63) is 34.5 Å². The fourth-order valence-corrected chi connectivity index (χ4v) is 4.09. The summed E-state index contributed by atoms with van der Waals surface area (Å²) >= 11 is 1.63. The minimum Gasteiger partial charge on any atom is -0.326 e. The summed E-state index contributed by atoms with van der Waals surface area (Å²) in [7, 11) is 0. The fraction of sp³-hybridized carbons (Fsp3) is 0.467. The summed E-state index contributed by atoms with van der Waals surface area (Å²) < 4.78 is 15.1. The molecule has 1 unspecified atom stereocenters. The highest BCUT2D eigenvalue weighted by Crippen LogP contribution is 2.35. The fourth-order valence-electron chi connectivity index (χ4n) is 2.98. The average Bonchev–Trinajstić information content (AvgIpc) is 2.96. The number of rotatable bonds is 3. The number of fused-ring (bicyclic) bond motifs is 1. The summed E-state index contributed by atoms with van der Waals surface area (Å²) in [4.78, 5) is 3.56. The second-order valence-electron chi connectivity index (χ2n) is 5.28. The smallest absolute Gasteiger partial charge is 0.132 e. The zero-order valence-corrected chi connectivity index (χ0v) is 12.0. The zero-order valence-electron chi connectivity index (χ0n) is 11.2. The molecule has 19 heavy (non-hydrogen) atoms. The third-order valence-electron chi connectivity index (χ3n) is 4.08. The second kappa shape index (κ2) is 5.19. The molecule has 1 aliphatic rings. The lowest BCUT2D eigenvalue weighted by Crippen LogP contribution is -2.26. The summed E-state index contributed by atoms with van der Waals surface area (Å²) in [5.41, 5.74) is 6.95. The molecule has 1 aromatic heterocycles. The van der Waals surface area contributed by atoms with Crippen molar-refractivity contribution in [2.75, 3.05) is 6.54 Å². The minimum atomic E-state index is -0.115. The van der Waals surface area contributed by atoms with E-state index in [4.69, 9.17) is 5.73 Å². The van der Waals surface area contributed by atoms with Gasteiger partial charge in [0.05, 0.1) is 0 Å². The van der Waals surface area contributed by atoms with Crippen LogP contribution in [0.3, 0.4) is 0 Å². The maximum absolute atomic E-state index is 14.1. The molecule has 2 heterocycles. The number of thiophene rings is 1. The highest BCUT2D eigenvalue weighted by molar-refractivity contribution is 7.19. The highest BCUT2D eigenvalue weighted by Gasteiger charge is 2.23. The molecule has 0 bridgehead atoms. The van der Waals surface area contributed by atoms with Crippen molar-refractivity contribution in [3.63, 3.8) is 0 Å². The number of nitrogens with zero attached hydrogens (tertiary/aromatic N) is 1. The SMILES string of the molecule is CC1CCCN1Cc1c(CN)sc2cccc(F)c12. The molecule has 0 aliphatic carbocycles. The van der Waals surface area contributed by atoms with E-state index in [1.54, 1.807) is 23.5 Å². The Labute approximate surface area is 117 Å². The van der Waals surface area contributed by atoms with Gasteiger partial charge in [0.1, 0.15) is 5.82 Å². The number of hydrogen-bond acceptors (Lipinski definition) is 3. The second-order valence-corrected chi connectivity index (χ2v) is 6.42. The van der Waals surface area contributed by atoms with Crippen molar-refractivity contribution in [2.45, 2.75) is 38.9 Å². The summed E-state index contributed by atoms with van der Waals surface area (Å²) in [6.45, 7) is 4.68. The molecule has 0 amide bonds. The maximum atomic E-state index is 14.1. The van der Waals surface area contributed by atoms with Gasteiger partial charge in [-0.2, -0.15) is 0 Å². The van der Waals surface area contributed by atoms with Crippen LogP contribution in [-0.2, 0) is 13.1 Å². The van der Waals surface area contributed by atoms with Crippen LogP contribution in [0.5, 0.6) is 0 Å². The average molecular weight is 278 g/mol. The summed E-state index contributed by atoms with van der Waals surface area (Å²) in [5, 5.41) is 0.784. The van der Waals surface area contributed by atoms with Crippen molar-refractivity contribution in [1.29, 1.82) is 0 Å². The van der Waals surface area contributed by atoms with Gasteiger partial charge in [-0.1, -0.05) is 6.07 Å². The van der Waals surface area contributed by atoms with Crippen molar-refractivity contribution < 1.29 is 4.39 Å². The molecular weight excluding hydrogens is 259 g/mol. The predicted molar refractivity (Wildman–Crippen MR) is 78.8 cm³/mol. The van der Waals surface area contributed by atoms with Gasteiger partial charge in [0.2, 0.25) is 0 Å². The highest BCUT2D eigenvalue weighted by atomic mass is 32.1. The van der Waals surface area contributed by atoms with E-state index in [2.05, 4.69) is 11.8 Å². The first-order chi connectivity index (χ1) is 9.20. The van der Waals surface area contributed by atoms with Gasteiger partial charge in [0.25, 0.3) is 0 Å². The zero-order chi connectivity index (χ0) is 13.4. The molecule has 1 atom stereocenters. The van der Waals surface area contributed by atoms with Crippen molar-refractivity contribution in [1.82, 2.24) is 4.90 Å². The molecule has 4 heteroatoms. The van der Waals surface area contributed by atoms with E-state index in [0.29, 0.717) is 12.6 Å². The van der Waals surface area contributed by atoms with Gasteiger partial charge in [0, 0.05) is 34.1 Å². The Hall–Kier alpha value is -0.970. The van der Waals surface area contributed by atoms with Gasteiger partial charge >= 0.3 is 0 Å². The van der Waals surface area contributed by atoms with E-state index in [-0.39, 0.29) is 5.82 Å². The molecular formula is C15H19FN2S. The van der Waals surface area contributed by atoms with Crippen LogP contribution in [0.1, 0.15) is 30.2 Å². The van der Waals surface area contributed by atoms with E-state index in [9.17, 15) is 4.39 Å². The molecule has 1 fully saturated rings. The molecule has 2 aromatic rings. The van der Waals surface area contributed by atoms with Crippen molar-refractivity contribution in [3.8, 4) is 0 Å². The Morgan fingerprint density at radius 3 is 3.00 bits per heavy atom. The number of benzene rings is 1. The van der Waals surface area contributed by atoms with E-state index in [0.717, 1.165) is 33.6 Å². The Kier molecular flexibility index (Phi) is 3.56. The van der Waals surface area contributed by atoms with Crippen LogP contribution in [0.4, 0.5) is 4.39 Å². The first kappa shape index (κ1) is 13.0. The monoisotopic (exact) mass is 278 g/mol. The molecule has 3 rings (SSSR count). The summed E-state index contributed by atoms with van der Waals surface area (Å²) in [5.74, 6) is -0.115. The van der Waals surface area contributed by atoms with E-state index in [1.165, 1.54) is 12.8 Å². The van der Waals surface area contributed by atoms with Crippen LogP contribution in [0.15, 0.2) is 18.2 Å². The largest absolute Gasteiger partial charge is 0.326 e. The topological polar surface area (TPSA) is 29.3 Å². The Bertz CT molecular complexity index is 593. The van der Waals surface area contributed by atoms with Gasteiger partial charge in [-0.05, 0) is 44.0 Å². The maximum Gasteiger partial charge on any atom is 0.132 e. The standard InChI is InChI=1S/C15H19FN2S/c1-10-4-3-7-18(10)9-11-14(8-17)19-13-6-2-5-12(16)15(11)13/h2,5-6,10H,3-4,7-9,17H2,1H3. The molecule has 0 radical (unpaired) electrons. The third-order valence-corrected chi connectivity index (χ3v) is 5.30. The first-order valence-corrected chi connectivity index (χ1v) is 7.65. The Balaban J connectivity index is 2.05. The van der Waals surface area contributed by atoms with Crippen LogP contribution < -0.4 is 5.73 Å². The van der Waals surface area contributed by atoms with Gasteiger partial charge in [-0.3, -0.25) is 4.90 Å². The van der Waals surface area contributed by atoms with Gasteiger partial charge < -0.3 is 5.73 Å². The number of halogens is 1. The van der Waals surface area contributed by atoms with Crippen LogP contribution in [-0.4, -0.2) is 17.5 Å². The predicted octanol–water partition coefficient (Wildman–Crippen LogP) is 3.48. The Morgan fingerprint density at radius 1 is 1.47 bits per heavy atom. The van der Waals surface area contributed by atoms with Crippen LogP contribution in [0, 0.1) is 5.82 Å². The van der Waals surface area contributed by atoms with Crippen molar-refractivity contribution >= 4 is 21.4 Å². The summed E-state index contributed by atoms with van der Waals surface area (Å²) in [6.07, 6.45) is 2.48. The molecule has 1 aromatic carbocycles. The van der Waals surface area contributed by atoms with Gasteiger partial charge in [-0.15, -0.1) is 11.3 Å². The van der Waals surface area contributed by atoms with E-state index < -0.39 is 0 Å². The van der Waals surface area contributed by atoms with E-state index >= 15 is 0 Å². The number of likely N-dealkylation sites (tertiary alicyclic amines) is 1. The van der Waals surface area contributed by atoms with E-state index in [1.807, 2.05) is 6.07 Å². The lowest BCUT2D eigenvalue weighted by Gasteiger charge is -2.21. The van der Waals surface area contributed by atoms with Gasteiger partial charge in [-0.25, -0.2) is 4.39 Å². The quantitative estimate of drug-likeness (QED) is 0.931. The lowest BCUT2D eigenvalue weighted by molar-refractivity contribution is 0.261. The van der Waals surface area contributed by atoms with Crippen LogP contribution >= 0.6 is 11.3 Å². The van der Waals surface area contributed by atoms with Crippen molar-refractivity contribution in [2.24, 2.45) is 5.73 Å². The molecule has 2 N–H and O–H groups in total.